The molecule has 3 heterocycles. The standard InChI is InChI=1S/C11H14BrN5S/c1-7-6-17(4-3-13-7)11-14-10(15-16-11)9-8(12)2-5-18-9/h2,5,7,13H,3-4,6H2,1H3,(H,14,15,16). The highest BCUT2D eigenvalue weighted by molar-refractivity contribution is 9.10. The topological polar surface area (TPSA) is 56.8 Å². The molecule has 0 spiro atoms. The van der Waals surface area contributed by atoms with Gasteiger partial charge in [0.25, 0.3) is 0 Å². The Kier molecular flexibility index (Phi) is 3.36. The Hall–Kier alpha value is -0.920. The lowest BCUT2D eigenvalue weighted by Crippen LogP contribution is -2.49. The summed E-state index contributed by atoms with van der Waals surface area (Å²) in [6.45, 7) is 5.06. The number of thiophene rings is 1. The van der Waals surface area contributed by atoms with Crippen LogP contribution in [-0.4, -0.2) is 40.9 Å². The van der Waals surface area contributed by atoms with Crippen LogP contribution in [0.2, 0.25) is 0 Å². The molecule has 2 N–H and O–H groups in total. The van der Waals surface area contributed by atoms with Crippen molar-refractivity contribution in [3.8, 4) is 10.7 Å². The van der Waals surface area contributed by atoms with Crippen LogP contribution in [0.1, 0.15) is 6.92 Å². The third-order valence-electron chi connectivity index (χ3n) is 2.96. The molecule has 0 amide bonds. The lowest BCUT2D eigenvalue weighted by atomic mass is 10.2. The highest BCUT2D eigenvalue weighted by Gasteiger charge is 2.20. The number of aromatic nitrogens is 3. The van der Waals surface area contributed by atoms with E-state index < -0.39 is 0 Å². The van der Waals surface area contributed by atoms with E-state index >= 15 is 0 Å². The molecule has 0 aliphatic carbocycles. The predicted octanol–water partition coefficient (Wildman–Crippen LogP) is 2.09. The Balaban J connectivity index is 1.83. The average molecular weight is 328 g/mol. The van der Waals surface area contributed by atoms with Crippen molar-refractivity contribution >= 4 is 33.2 Å². The van der Waals surface area contributed by atoms with Gasteiger partial charge in [-0.05, 0) is 34.3 Å². The van der Waals surface area contributed by atoms with Gasteiger partial charge in [0.1, 0.15) is 0 Å². The second-order valence-electron chi connectivity index (χ2n) is 4.38. The van der Waals surface area contributed by atoms with Crippen LogP contribution in [0.4, 0.5) is 5.95 Å². The van der Waals surface area contributed by atoms with Gasteiger partial charge in [-0.15, -0.1) is 16.4 Å². The molecule has 0 saturated carbocycles. The molecule has 96 valence electrons. The third-order valence-corrected chi connectivity index (χ3v) is 4.80. The number of halogens is 1. The molecule has 1 saturated heterocycles. The van der Waals surface area contributed by atoms with Crippen molar-refractivity contribution in [1.82, 2.24) is 20.5 Å². The number of anilines is 1. The molecule has 1 aliphatic heterocycles. The third kappa shape index (κ3) is 2.30. The van der Waals surface area contributed by atoms with Gasteiger partial charge in [0.05, 0.1) is 4.88 Å². The van der Waals surface area contributed by atoms with Gasteiger partial charge >= 0.3 is 0 Å². The zero-order valence-electron chi connectivity index (χ0n) is 9.98. The summed E-state index contributed by atoms with van der Waals surface area (Å²) in [5.74, 6) is 1.62. The number of aromatic amines is 1. The molecular weight excluding hydrogens is 314 g/mol. The van der Waals surface area contributed by atoms with Crippen molar-refractivity contribution in [3.05, 3.63) is 15.9 Å². The largest absolute Gasteiger partial charge is 0.337 e. The first-order chi connectivity index (χ1) is 8.74. The molecule has 3 rings (SSSR count). The first-order valence-corrected chi connectivity index (χ1v) is 7.55. The van der Waals surface area contributed by atoms with Crippen molar-refractivity contribution in [2.75, 3.05) is 24.5 Å². The SMILES string of the molecule is CC1CN(c2n[nH]c(-c3sccc3Br)n2)CCN1. The first kappa shape index (κ1) is 12.1. The summed E-state index contributed by atoms with van der Waals surface area (Å²) in [6.07, 6.45) is 0. The van der Waals surface area contributed by atoms with Crippen LogP contribution in [0.15, 0.2) is 15.9 Å². The molecule has 1 fully saturated rings. The molecule has 0 radical (unpaired) electrons. The number of rotatable bonds is 2. The van der Waals surface area contributed by atoms with Crippen molar-refractivity contribution in [2.45, 2.75) is 13.0 Å². The fourth-order valence-electron chi connectivity index (χ4n) is 2.07. The Bertz CT molecular complexity index is 537. The number of piperazine rings is 1. The molecular formula is C11H14BrN5S. The Morgan fingerprint density at radius 1 is 1.56 bits per heavy atom. The van der Waals surface area contributed by atoms with E-state index in [9.17, 15) is 0 Å². The first-order valence-electron chi connectivity index (χ1n) is 5.88. The Morgan fingerprint density at radius 3 is 3.17 bits per heavy atom. The summed E-state index contributed by atoms with van der Waals surface area (Å²) in [5.41, 5.74) is 0. The molecule has 0 bridgehead atoms. The Morgan fingerprint density at radius 2 is 2.44 bits per heavy atom. The molecule has 7 heteroatoms. The quantitative estimate of drug-likeness (QED) is 0.886. The fraction of sp³-hybridized carbons (Fsp3) is 0.455. The minimum Gasteiger partial charge on any atom is -0.337 e. The van der Waals surface area contributed by atoms with Crippen molar-refractivity contribution in [3.63, 3.8) is 0 Å². The van der Waals surface area contributed by atoms with Crippen LogP contribution in [-0.2, 0) is 0 Å². The molecule has 2 aromatic heterocycles. The smallest absolute Gasteiger partial charge is 0.245 e. The van der Waals surface area contributed by atoms with Crippen LogP contribution in [0.5, 0.6) is 0 Å². The van der Waals surface area contributed by atoms with E-state index in [4.69, 9.17) is 0 Å². The maximum absolute atomic E-state index is 4.58. The lowest BCUT2D eigenvalue weighted by Gasteiger charge is -2.30. The number of hydrogen-bond acceptors (Lipinski definition) is 5. The van der Waals surface area contributed by atoms with Gasteiger partial charge in [0, 0.05) is 30.1 Å². The van der Waals surface area contributed by atoms with Crippen molar-refractivity contribution in [1.29, 1.82) is 0 Å². The van der Waals surface area contributed by atoms with E-state index in [0.29, 0.717) is 6.04 Å². The number of nitrogens with zero attached hydrogens (tertiary/aromatic N) is 3. The maximum Gasteiger partial charge on any atom is 0.245 e. The van der Waals surface area contributed by atoms with Gasteiger partial charge in [-0.3, -0.25) is 5.10 Å². The summed E-state index contributed by atoms with van der Waals surface area (Å²) in [6, 6.07) is 2.50. The summed E-state index contributed by atoms with van der Waals surface area (Å²) >= 11 is 5.17. The lowest BCUT2D eigenvalue weighted by molar-refractivity contribution is 0.480. The molecule has 5 nitrogen and oxygen atoms in total. The molecule has 1 atom stereocenters. The minimum absolute atomic E-state index is 0.481. The molecule has 18 heavy (non-hydrogen) atoms. The van der Waals surface area contributed by atoms with E-state index in [-0.39, 0.29) is 0 Å². The van der Waals surface area contributed by atoms with Gasteiger partial charge in [0.2, 0.25) is 5.95 Å². The van der Waals surface area contributed by atoms with E-state index in [0.717, 1.165) is 40.8 Å². The average Bonchev–Trinajstić information content (AvgIpc) is 2.97. The van der Waals surface area contributed by atoms with E-state index in [1.54, 1.807) is 11.3 Å². The fourth-order valence-corrected chi connectivity index (χ4v) is 3.57. The summed E-state index contributed by atoms with van der Waals surface area (Å²) in [4.78, 5) is 7.89. The molecule has 1 unspecified atom stereocenters. The number of nitrogens with one attached hydrogen (secondary N) is 2. The van der Waals surface area contributed by atoms with Gasteiger partial charge in [-0.1, -0.05) is 0 Å². The number of H-pyrrole nitrogens is 1. The van der Waals surface area contributed by atoms with Crippen LogP contribution in [0, 0.1) is 0 Å². The number of hydrogen-bond donors (Lipinski definition) is 2. The monoisotopic (exact) mass is 327 g/mol. The zero-order chi connectivity index (χ0) is 12.5. The summed E-state index contributed by atoms with van der Waals surface area (Å²) in [7, 11) is 0. The molecule has 0 aromatic carbocycles. The zero-order valence-corrected chi connectivity index (χ0v) is 12.4. The van der Waals surface area contributed by atoms with Gasteiger partial charge in [0.15, 0.2) is 5.82 Å². The summed E-state index contributed by atoms with van der Waals surface area (Å²) < 4.78 is 1.06. The van der Waals surface area contributed by atoms with Crippen molar-refractivity contribution in [2.24, 2.45) is 0 Å². The molecule has 1 aliphatic rings. The van der Waals surface area contributed by atoms with Crippen LogP contribution >= 0.6 is 27.3 Å². The highest BCUT2D eigenvalue weighted by atomic mass is 79.9. The van der Waals surface area contributed by atoms with Gasteiger partial charge in [-0.2, -0.15) is 4.98 Å². The van der Waals surface area contributed by atoms with E-state index in [2.05, 4.69) is 48.3 Å². The predicted molar refractivity (Wildman–Crippen MR) is 77.1 cm³/mol. The van der Waals surface area contributed by atoms with Gasteiger partial charge in [-0.25, -0.2) is 0 Å². The Labute approximate surface area is 118 Å². The maximum atomic E-state index is 4.58. The van der Waals surface area contributed by atoms with Crippen LogP contribution in [0.25, 0.3) is 10.7 Å². The van der Waals surface area contributed by atoms with Crippen molar-refractivity contribution < 1.29 is 0 Å². The second-order valence-corrected chi connectivity index (χ2v) is 6.15. The highest BCUT2D eigenvalue weighted by Crippen LogP contribution is 2.31. The normalized spacial score (nSPS) is 20.3. The molecule has 2 aromatic rings. The van der Waals surface area contributed by atoms with E-state index in [1.165, 1.54) is 0 Å². The van der Waals surface area contributed by atoms with Crippen LogP contribution < -0.4 is 10.2 Å². The minimum atomic E-state index is 0.481. The second kappa shape index (κ2) is 4.99. The van der Waals surface area contributed by atoms with Crippen LogP contribution in [0.3, 0.4) is 0 Å². The van der Waals surface area contributed by atoms with Gasteiger partial charge < -0.3 is 10.2 Å². The van der Waals surface area contributed by atoms with E-state index in [1.807, 2.05) is 11.4 Å². The summed E-state index contributed by atoms with van der Waals surface area (Å²) in [5, 5.41) is 12.8.